The number of nitrogens with two attached hydrogens (primary N) is 1. The summed E-state index contributed by atoms with van der Waals surface area (Å²) in [5, 5.41) is 0. The fourth-order valence-electron chi connectivity index (χ4n) is 1.15. The van der Waals surface area contributed by atoms with E-state index in [0.29, 0.717) is 0 Å². The van der Waals surface area contributed by atoms with Crippen LogP contribution in [0.3, 0.4) is 0 Å². The van der Waals surface area contributed by atoms with Crippen LogP contribution in [0.2, 0.25) is 0 Å². The number of hydrogen-bond acceptors (Lipinski definition) is 3. The second-order valence-electron chi connectivity index (χ2n) is 2.85. The van der Waals surface area contributed by atoms with Gasteiger partial charge in [-0.25, -0.2) is 0 Å². The summed E-state index contributed by atoms with van der Waals surface area (Å²) in [6, 6.07) is 0. The number of amides is 1. The number of primary amides is 1. The van der Waals surface area contributed by atoms with E-state index in [9.17, 15) is 4.79 Å². The van der Waals surface area contributed by atoms with Crippen molar-refractivity contribution in [3.63, 3.8) is 0 Å². The molecule has 64 valence electrons. The lowest BCUT2D eigenvalue weighted by atomic mass is 10.00. The highest BCUT2D eigenvalue weighted by atomic mass is 16.5. The van der Waals surface area contributed by atoms with E-state index in [1.807, 2.05) is 0 Å². The van der Waals surface area contributed by atoms with Crippen LogP contribution >= 0.6 is 0 Å². The SMILES string of the molecule is COCCN1CC(C(N)=O)C1. The van der Waals surface area contributed by atoms with Crippen molar-refractivity contribution in [1.82, 2.24) is 4.90 Å². The quantitative estimate of drug-likeness (QED) is 0.574. The normalized spacial score (nSPS) is 19.7. The van der Waals surface area contributed by atoms with Gasteiger partial charge in [0.2, 0.25) is 5.91 Å². The number of carbonyl (C=O) groups excluding carboxylic acids is 1. The number of ether oxygens (including phenoxy) is 1. The molecular weight excluding hydrogens is 144 g/mol. The van der Waals surface area contributed by atoms with E-state index in [1.54, 1.807) is 7.11 Å². The van der Waals surface area contributed by atoms with E-state index in [2.05, 4.69) is 4.90 Å². The first-order valence-corrected chi connectivity index (χ1v) is 3.74. The summed E-state index contributed by atoms with van der Waals surface area (Å²) in [4.78, 5) is 12.7. The van der Waals surface area contributed by atoms with Gasteiger partial charge in [0.15, 0.2) is 0 Å². The standard InChI is InChI=1S/C7H14N2O2/c1-11-3-2-9-4-6(5-9)7(8)10/h6H,2-5H2,1H3,(H2,8,10). The predicted molar refractivity (Wildman–Crippen MR) is 41.0 cm³/mol. The van der Waals surface area contributed by atoms with Crippen molar-refractivity contribution in [2.75, 3.05) is 33.4 Å². The van der Waals surface area contributed by atoms with Crippen LogP contribution in [0.25, 0.3) is 0 Å². The van der Waals surface area contributed by atoms with Crippen molar-refractivity contribution < 1.29 is 9.53 Å². The molecule has 0 spiro atoms. The van der Waals surface area contributed by atoms with Gasteiger partial charge >= 0.3 is 0 Å². The van der Waals surface area contributed by atoms with Gasteiger partial charge in [0, 0.05) is 26.7 Å². The second kappa shape index (κ2) is 3.69. The molecule has 1 aliphatic rings. The van der Waals surface area contributed by atoms with Crippen LogP contribution in [-0.2, 0) is 9.53 Å². The Balaban J connectivity index is 2.05. The molecule has 1 rings (SSSR count). The van der Waals surface area contributed by atoms with E-state index >= 15 is 0 Å². The minimum absolute atomic E-state index is 0.0758. The first-order valence-electron chi connectivity index (χ1n) is 3.74. The molecule has 1 fully saturated rings. The Morgan fingerprint density at radius 3 is 2.82 bits per heavy atom. The van der Waals surface area contributed by atoms with Gasteiger partial charge in [-0.2, -0.15) is 0 Å². The summed E-state index contributed by atoms with van der Waals surface area (Å²) in [5.74, 6) is -0.106. The van der Waals surface area contributed by atoms with E-state index in [-0.39, 0.29) is 11.8 Å². The number of nitrogens with zero attached hydrogens (tertiary/aromatic N) is 1. The summed E-state index contributed by atoms with van der Waals surface area (Å²) in [7, 11) is 1.67. The van der Waals surface area contributed by atoms with E-state index in [1.165, 1.54) is 0 Å². The summed E-state index contributed by atoms with van der Waals surface area (Å²) < 4.78 is 4.89. The zero-order valence-corrected chi connectivity index (χ0v) is 6.75. The highest BCUT2D eigenvalue weighted by molar-refractivity contribution is 5.78. The molecule has 0 aromatic carbocycles. The van der Waals surface area contributed by atoms with Gasteiger partial charge in [-0.1, -0.05) is 0 Å². The monoisotopic (exact) mass is 158 g/mol. The average Bonchev–Trinajstić information content (AvgIpc) is 1.84. The Bertz CT molecular complexity index is 143. The van der Waals surface area contributed by atoms with Crippen LogP contribution in [0, 0.1) is 5.92 Å². The van der Waals surface area contributed by atoms with E-state index in [4.69, 9.17) is 10.5 Å². The summed E-state index contributed by atoms with van der Waals surface area (Å²) >= 11 is 0. The van der Waals surface area contributed by atoms with Crippen molar-refractivity contribution in [2.24, 2.45) is 11.7 Å². The second-order valence-corrected chi connectivity index (χ2v) is 2.85. The lowest BCUT2D eigenvalue weighted by Crippen LogP contribution is -2.53. The molecule has 1 heterocycles. The molecule has 2 N–H and O–H groups in total. The smallest absolute Gasteiger partial charge is 0.223 e. The fraction of sp³-hybridized carbons (Fsp3) is 0.857. The zero-order chi connectivity index (χ0) is 8.27. The molecule has 1 saturated heterocycles. The third-order valence-electron chi connectivity index (χ3n) is 1.97. The van der Waals surface area contributed by atoms with Crippen molar-refractivity contribution in [1.29, 1.82) is 0 Å². The molecule has 0 aromatic rings. The maximum absolute atomic E-state index is 10.6. The van der Waals surface area contributed by atoms with Crippen molar-refractivity contribution in [2.45, 2.75) is 0 Å². The van der Waals surface area contributed by atoms with Crippen LogP contribution in [0.4, 0.5) is 0 Å². The largest absolute Gasteiger partial charge is 0.383 e. The Morgan fingerprint density at radius 1 is 1.73 bits per heavy atom. The Labute approximate surface area is 66.3 Å². The lowest BCUT2D eigenvalue weighted by molar-refractivity contribution is -0.127. The maximum atomic E-state index is 10.6. The molecule has 0 bridgehead atoms. The molecule has 0 atom stereocenters. The van der Waals surface area contributed by atoms with Gasteiger partial charge in [0.25, 0.3) is 0 Å². The minimum Gasteiger partial charge on any atom is -0.383 e. The van der Waals surface area contributed by atoms with Gasteiger partial charge in [-0.15, -0.1) is 0 Å². The highest BCUT2D eigenvalue weighted by Crippen LogP contribution is 2.13. The molecule has 0 aliphatic carbocycles. The topological polar surface area (TPSA) is 55.6 Å². The summed E-state index contributed by atoms with van der Waals surface area (Å²) in [6.45, 7) is 3.24. The molecule has 4 heteroatoms. The van der Waals surface area contributed by atoms with Gasteiger partial charge in [0.1, 0.15) is 0 Å². The molecule has 0 unspecified atom stereocenters. The zero-order valence-electron chi connectivity index (χ0n) is 6.75. The lowest BCUT2D eigenvalue weighted by Gasteiger charge is -2.36. The molecule has 4 nitrogen and oxygen atoms in total. The molecule has 0 aromatic heterocycles. The highest BCUT2D eigenvalue weighted by Gasteiger charge is 2.30. The van der Waals surface area contributed by atoms with Gasteiger partial charge < -0.3 is 10.5 Å². The van der Waals surface area contributed by atoms with E-state index in [0.717, 1.165) is 26.2 Å². The van der Waals surface area contributed by atoms with Crippen molar-refractivity contribution >= 4 is 5.91 Å². The number of carbonyl (C=O) groups is 1. The molecule has 0 saturated carbocycles. The van der Waals surface area contributed by atoms with Crippen LogP contribution in [0.15, 0.2) is 0 Å². The fourth-order valence-corrected chi connectivity index (χ4v) is 1.15. The maximum Gasteiger partial charge on any atom is 0.223 e. The van der Waals surface area contributed by atoms with Crippen molar-refractivity contribution in [3.8, 4) is 0 Å². The van der Waals surface area contributed by atoms with Crippen LogP contribution < -0.4 is 5.73 Å². The minimum atomic E-state index is -0.182. The molecule has 0 radical (unpaired) electrons. The number of likely N-dealkylation sites (tertiary alicyclic amines) is 1. The average molecular weight is 158 g/mol. The van der Waals surface area contributed by atoms with Crippen molar-refractivity contribution in [3.05, 3.63) is 0 Å². The number of rotatable bonds is 4. The predicted octanol–water partition coefficient (Wildman–Crippen LogP) is -0.950. The third kappa shape index (κ3) is 2.17. The summed E-state index contributed by atoms with van der Waals surface area (Å²) in [6.07, 6.45) is 0. The number of methoxy groups -OCH3 is 1. The van der Waals surface area contributed by atoms with Crippen LogP contribution in [0.5, 0.6) is 0 Å². The van der Waals surface area contributed by atoms with Gasteiger partial charge in [-0.05, 0) is 0 Å². The molecule has 1 amide bonds. The van der Waals surface area contributed by atoms with Gasteiger partial charge in [0.05, 0.1) is 12.5 Å². The Morgan fingerprint density at radius 2 is 2.36 bits per heavy atom. The Kier molecular flexibility index (Phi) is 2.84. The van der Waals surface area contributed by atoms with Gasteiger partial charge in [-0.3, -0.25) is 9.69 Å². The first kappa shape index (κ1) is 8.49. The summed E-state index contributed by atoms with van der Waals surface area (Å²) in [5.41, 5.74) is 5.09. The first-order chi connectivity index (χ1) is 5.24. The third-order valence-corrected chi connectivity index (χ3v) is 1.97. The van der Waals surface area contributed by atoms with Crippen LogP contribution in [0.1, 0.15) is 0 Å². The molecule has 11 heavy (non-hydrogen) atoms. The Hall–Kier alpha value is -0.610. The number of hydrogen-bond donors (Lipinski definition) is 1. The van der Waals surface area contributed by atoms with E-state index < -0.39 is 0 Å². The van der Waals surface area contributed by atoms with Crippen LogP contribution in [-0.4, -0.2) is 44.2 Å². The molecule has 1 aliphatic heterocycles. The molecular formula is C7H14N2O2.